The summed E-state index contributed by atoms with van der Waals surface area (Å²) in [5.41, 5.74) is 1.43. The molecule has 2 aromatic rings. The van der Waals surface area contributed by atoms with Crippen molar-refractivity contribution in [1.29, 1.82) is 0 Å². The van der Waals surface area contributed by atoms with Crippen LogP contribution in [0.2, 0.25) is 0 Å². The van der Waals surface area contributed by atoms with E-state index in [9.17, 15) is 9.50 Å². The highest BCUT2D eigenvalue weighted by Gasteiger charge is 2.19. The van der Waals surface area contributed by atoms with Crippen molar-refractivity contribution in [2.45, 2.75) is 25.8 Å². The Bertz CT molecular complexity index is 622. The van der Waals surface area contributed by atoms with E-state index in [2.05, 4.69) is 20.6 Å². The Morgan fingerprint density at radius 1 is 1.40 bits per heavy atom. The molecule has 1 aliphatic carbocycles. The van der Waals surface area contributed by atoms with Crippen molar-refractivity contribution in [3.05, 3.63) is 48.4 Å². The van der Waals surface area contributed by atoms with Crippen molar-refractivity contribution in [1.82, 2.24) is 14.5 Å². The molecule has 5 heteroatoms. The average molecular weight is 273 g/mol. The van der Waals surface area contributed by atoms with Gasteiger partial charge >= 0.3 is 0 Å². The molecular formula is C15H16FN3O. The van der Waals surface area contributed by atoms with Crippen LogP contribution in [0.1, 0.15) is 24.8 Å². The van der Waals surface area contributed by atoms with Crippen LogP contribution in [0.3, 0.4) is 0 Å². The van der Waals surface area contributed by atoms with Gasteiger partial charge in [-0.05, 0) is 36.8 Å². The molecule has 20 heavy (non-hydrogen) atoms. The maximum Gasteiger partial charge on any atom is 0.248 e. The van der Waals surface area contributed by atoms with Crippen LogP contribution < -0.4 is 0 Å². The summed E-state index contributed by atoms with van der Waals surface area (Å²) in [6, 6.07) is 1.62. The lowest BCUT2D eigenvalue weighted by Gasteiger charge is -2.22. The molecule has 1 N–H and O–H groups in total. The molecule has 0 radical (unpaired) electrons. The minimum Gasteiger partial charge on any atom is -0.491 e. The summed E-state index contributed by atoms with van der Waals surface area (Å²) in [7, 11) is 0. The summed E-state index contributed by atoms with van der Waals surface area (Å²) in [6.07, 6.45) is 11.8. The minimum absolute atomic E-state index is 0.471. The first-order valence-corrected chi connectivity index (χ1v) is 6.72. The topological polar surface area (TPSA) is 50.9 Å². The monoisotopic (exact) mass is 273 g/mol. The molecule has 0 aliphatic heterocycles. The molecule has 0 saturated heterocycles. The van der Waals surface area contributed by atoms with Gasteiger partial charge < -0.3 is 9.67 Å². The maximum atomic E-state index is 13.8. The van der Waals surface area contributed by atoms with E-state index in [0.29, 0.717) is 11.5 Å². The van der Waals surface area contributed by atoms with Gasteiger partial charge in [0, 0.05) is 30.7 Å². The number of hydrogen-bond acceptors (Lipinski definition) is 3. The Labute approximate surface area is 116 Å². The quantitative estimate of drug-likeness (QED) is 0.935. The van der Waals surface area contributed by atoms with Crippen LogP contribution in [0, 0.1) is 11.7 Å². The zero-order valence-electron chi connectivity index (χ0n) is 11.0. The number of imidazole rings is 1. The SMILES string of the molecule is Oc1nccc(C2=CCC(Cn3ccnc3)CC2)c1F. The first-order valence-electron chi connectivity index (χ1n) is 6.72. The first kappa shape index (κ1) is 12.8. The van der Waals surface area contributed by atoms with Gasteiger partial charge in [0.05, 0.1) is 6.33 Å². The van der Waals surface area contributed by atoms with Crippen LogP contribution in [0.25, 0.3) is 5.57 Å². The van der Waals surface area contributed by atoms with E-state index >= 15 is 0 Å². The summed E-state index contributed by atoms with van der Waals surface area (Å²) in [6.45, 7) is 0.938. The highest BCUT2D eigenvalue weighted by molar-refractivity contribution is 5.67. The molecule has 2 heterocycles. The van der Waals surface area contributed by atoms with Gasteiger partial charge in [-0.1, -0.05) is 6.08 Å². The van der Waals surface area contributed by atoms with Crippen LogP contribution in [-0.4, -0.2) is 19.6 Å². The minimum atomic E-state index is -0.619. The predicted molar refractivity (Wildman–Crippen MR) is 73.4 cm³/mol. The second-order valence-electron chi connectivity index (χ2n) is 5.13. The van der Waals surface area contributed by atoms with Crippen LogP contribution in [0.15, 0.2) is 37.1 Å². The first-order chi connectivity index (χ1) is 9.74. The molecule has 0 fully saturated rings. The number of halogens is 1. The fourth-order valence-electron chi connectivity index (χ4n) is 2.67. The van der Waals surface area contributed by atoms with Crippen LogP contribution in [0.4, 0.5) is 4.39 Å². The summed E-state index contributed by atoms with van der Waals surface area (Å²) in [5.74, 6) is -0.595. The van der Waals surface area contributed by atoms with Gasteiger partial charge in [-0.2, -0.15) is 0 Å². The van der Waals surface area contributed by atoms with Crippen molar-refractivity contribution >= 4 is 5.57 Å². The molecule has 0 amide bonds. The maximum absolute atomic E-state index is 13.8. The van der Waals surface area contributed by atoms with Crippen LogP contribution >= 0.6 is 0 Å². The third-order valence-corrected chi connectivity index (χ3v) is 3.76. The van der Waals surface area contributed by atoms with E-state index < -0.39 is 11.7 Å². The van der Waals surface area contributed by atoms with Gasteiger partial charge in [0.2, 0.25) is 5.88 Å². The summed E-state index contributed by atoms with van der Waals surface area (Å²) < 4.78 is 15.9. The van der Waals surface area contributed by atoms with Gasteiger partial charge in [0.1, 0.15) is 0 Å². The van der Waals surface area contributed by atoms with Crippen molar-refractivity contribution < 1.29 is 9.50 Å². The standard InChI is InChI=1S/C15H16FN3O/c16-14-13(5-6-18-15(14)20)12-3-1-11(2-4-12)9-19-8-7-17-10-19/h3,5-8,10-11H,1-2,4,9H2,(H,18,20). The second kappa shape index (κ2) is 5.45. The van der Waals surface area contributed by atoms with E-state index in [1.165, 1.54) is 6.20 Å². The Morgan fingerprint density at radius 3 is 3.00 bits per heavy atom. The summed E-state index contributed by atoms with van der Waals surface area (Å²) in [5, 5.41) is 9.33. The molecule has 104 valence electrons. The van der Waals surface area contributed by atoms with Gasteiger partial charge in [-0.3, -0.25) is 0 Å². The molecule has 1 atom stereocenters. The van der Waals surface area contributed by atoms with Gasteiger partial charge in [0.15, 0.2) is 5.82 Å². The Balaban J connectivity index is 1.72. The Hall–Kier alpha value is -2.17. The smallest absolute Gasteiger partial charge is 0.248 e. The zero-order valence-corrected chi connectivity index (χ0v) is 11.0. The number of rotatable bonds is 3. The third kappa shape index (κ3) is 2.57. The lowest BCUT2D eigenvalue weighted by molar-refractivity contribution is 0.405. The van der Waals surface area contributed by atoms with Crippen LogP contribution in [-0.2, 0) is 6.54 Å². The van der Waals surface area contributed by atoms with Gasteiger partial charge in [-0.25, -0.2) is 14.4 Å². The second-order valence-corrected chi connectivity index (χ2v) is 5.13. The Kier molecular flexibility index (Phi) is 3.50. The molecule has 4 nitrogen and oxygen atoms in total. The number of hydrogen-bond donors (Lipinski definition) is 1. The number of allylic oxidation sites excluding steroid dienone is 2. The zero-order chi connectivity index (χ0) is 13.9. The van der Waals surface area contributed by atoms with E-state index in [4.69, 9.17) is 0 Å². The molecule has 0 saturated carbocycles. The fraction of sp³-hybridized carbons (Fsp3) is 0.333. The largest absolute Gasteiger partial charge is 0.491 e. The number of pyridine rings is 1. The van der Waals surface area contributed by atoms with Crippen molar-refractivity contribution in [2.75, 3.05) is 0 Å². The van der Waals surface area contributed by atoms with E-state index in [1.54, 1.807) is 12.3 Å². The molecule has 1 unspecified atom stereocenters. The van der Waals surface area contributed by atoms with Gasteiger partial charge in [-0.15, -0.1) is 0 Å². The molecular weight excluding hydrogens is 257 g/mol. The van der Waals surface area contributed by atoms with Crippen molar-refractivity contribution in [3.8, 4) is 5.88 Å². The normalized spacial score (nSPS) is 18.9. The summed E-state index contributed by atoms with van der Waals surface area (Å²) >= 11 is 0. The molecule has 2 aromatic heterocycles. The lowest BCUT2D eigenvalue weighted by atomic mass is 9.86. The number of aromatic hydroxyl groups is 1. The third-order valence-electron chi connectivity index (χ3n) is 3.76. The lowest BCUT2D eigenvalue weighted by Crippen LogP contribution is -2.12. The number of nitrogens with zero attached hydrogens (tertiary/aromatic N) is 3. The molecule has 0 spiro atoms. The van der Waals surface area contributed by atoms with E-state index in [1.807, 2.05) is 12.5 Å². The summed E-state index contributed by atoms with van der Waals surface area (Å²) in [4.78, 5) is 7.58. The van der Waals surface area contributed by atoms with Crippen molar-refractivity contribution in [2.24, 2.45) is 5.92 Å². The fourth-order valence-corrected chi connectivity index (χ4v) is 2.67. The van der Waals surface area contributed by atoms with Crippen LogP contribution in [0.5, 0.6) is 5.88 Å². The van der Waals surface area contributed by atoms with Gasteiger partial charge in [0.25, 0.3) is 0 Å². The van der Waals surface area contributed by atoms with E-state index in [0.717, 1.165) is 31.4 Å². The van der Waals surface area contributed by atoms with E-state index in [-0.39, 0.29) is 0 Å². The molecule has 3 rings (SSSR count). The average Bonchev–Trinajstić information content (AvgIpc) is 2.96. The Morgan fingerprint density at radius 2 is 2.30 bits per heavy atom. The highest BCUT2D eigenvalue weighted by Crippen LogP contribution is 2.33. The highest BCUT2D eigenvalue weighted by atomic mass is 19.1. The molecule has 0 bridgehead atoms. The molecule has 0 aromatic carbocycles. The number of aromatic nitrogens is 3. The molecule has 1 aliphatic rings. The predicted octanol–water partition coefficient (Wildman–Crippen LogP) is 3.01. The van der Waals surface area contributed by atoms with Crippen molar-refractivity contribution in [3.63, 3.8) is 0 Å².